The molecule has 2 heterocycles. The van der Waals surface area contributed by atoms with Crippen molar-refractivity contribution >= 4 is 21.6 Å². The number of nitrogens with zero attached hydrogens (tertiary/aromatic N) is 4. The van der Waals surface area contributed by atoms with Crippen LogP contribution in [0, 0.1) is 5.82 Å². The zero-order valence-corrected chi connectivity index (χ0v) is 13.6. The summed E-state index contributed by atoms with van der Waals surface area (Å²) in [7, 11) is -1.52. The molecule has 1 atom stereocenters. The first kappa shape index (κ1) is 16.4. The van der Waals surface area contributed by atoms with Crippen LogP contribution in [0.4, 0.5) is 10.2 Å². The van der Waals surface area contributed by atoms with Crippen molar-refractivity contribution in [3.8, 4) is 5.69 Å². The Bertz CT molecular complexity index is 879. The Hall–Kier alpha value is -2.49. The van der Waals surface area contributed by atoms with E-state index in [1.807, 2.05) is 0 Å². The first-order valence-corrected chi connectivity index (χ1v) is 8.99. The Labute approximate surface area is 137 Å². The van der Waals surface area contributed by atoms with Gasteiger partial charge in [0.05, 0.1) is 17.2 Å². The second kappa shape index (κ2) is 5.86. The summed E-state index contributed by atoms with van der Waals surface area (Å²) in [5, 5.41) is 17.4. The maximum absolute atomic E-state index is 13.0. The minimum atomic E-state index is -3.12. The number of rotatable bonds is 4. The number of halogens is 1. The summed E-state index contributed by atoms with van der Waals surface area (Å²) in [6.07, 6.45) is 0.404. The Morgan fingerprint density at radius 3 is 2.54 bits per heavy atom. The predicted octanol–water partition coefficient (Wildman–Crippen LogP) is 0.728. The lowest BCUT2D eigenvalue weighted by Gasteiger charge is -2.22. The Morgan fingerprint density at radius 2 is 2.00 bits per heavy atom. The molecule has 0 amide bonds. The van der Waals surface area contributed by atoms with E-state index in [4.69, 9.17) is 0 Å². The van der Waals surface area contributed by atoms with E-state index >= 15 is 0 Å². The van der Waals surface area contributed by atoms with Crippen LogP contribution in [0.3, 0.4) is 0 Å². The summed E-state index contributed by atoms with van der Waals surface area (Å²) < 4.78 is 36.3. The number of carbonyl (C=O) groups is 1. The number of benzene rings is 1. The largest absolute Gasteiger partial charge is 0.476 e. The molecule has 1 fully saturated rings. The highest BCUT2D eigenvalue weighted by molar-refractivity contribution is 7.91. The third kappa shape index (κ3) is 3.09. The van der Waals surface area contributed by atoms with Gasteiger partial charge in [-0.1, -0.05) is 0 Å². The normalized spacial score (nSPS) is 19.3. The molecule has 1 aliphatic rings. The van der Waals surface area contributed by atoms with E-state index < -0.39 is 21.6 Å². The van der Waals surface area contributed by atoms with E-state index in [0.717, 1.165) is 4.80 Å². The number of hydrogen-bond acceptors (Lipinski definition) is 6. The van der Waals surface area contributed by atoms with E-state index in [0.29, 0.717) is 12.1 Å². The quantitative estimate of drug-likeness (QED) is 0.863. The minimum absolute atomic E-state index is 0.0496. The van der Waals surface area contributed by atoms with E-state index in [-0.39, 0.29) is 29.1 Å². The van der Waals surface area contributed by atoms with Crippen LogP contribution in [0.15, 0.2) is 24.3 Å². The van der Waals surface area contributed by atoms with Gasteiger partial charge >= 0.3 is 5.97 Å². The van der Waals surface area contributed by atoms with Crippen molar-refractivity contribution in [3.05, 3.63) is 35.8 Å². The van der Waals surface area contributed by atoms with Crippen LogP contribution in [0.2, 0.25) is 0 Å². The molecular formula is C14H15FN4O4S. The van der Waals surface area contributed by atoms with Gasteiger partial charge in [0.2, 0.25) is 5.69 Å². The molecule has 1 unspecified atom stereocenters. The predicted molar refractivity (Wildman–Crippen MR) is 83.7 cm³/mol. The van der Waals surface area contributed by atoms with Gasteiger partial charge in [0, 0.05) is 13.1 Å². The van der Waals surface area contributed by atoms with Gasteiger partial charge in [-0.05, 0) is 30.7 Å². The van der Waals surface area contributed by atoms with E-state index in [1.165, 1.54) is 29.2 Å². The molecule has 1 saturated heterocycles. The maximum Gasteiger partial charge on any atom is 0.360 e. The third-order valence-electron chi connectivity index (χ3n) is 3.95. The van der Waals surface area contributed by atoms with Crippen LogP contribution in [-0.4, -0.2) is 59.1 Å². The smallest absolute Gasteiger partial charge is 0.360 e. The SMILES string of the molecule is CN(c1nn(-c2ccc(F)cc2)nc1C(=O)O)C1CCS(=O)(=O)C1. The van der Waals surface area contributed by atoms with E-state index in [9.17, 15) is 22.7 Å². The zero-order chi connectivity index (χ0) is 17.5. The summed E-state index contributed by atoms with van der Waals surface area (Å²) in [6.45, 7) is 0. The second-order valence-electron chi connectivity index (χ2n) is 5.61. The molecule has 0 bridgehead atoms. The molecule has 128 valence electrons. The summed E-state index contributed by atoms with van der Waals surface area (Å²) in [4.78, 5) is 14.1. The van der Waals surface area contributed by atoms with Gasteiger partial charge in [-0.2, -0.15) is 0 Å². The van der Waals surface area contributed by atoms with Crippen molar-refractivity contribution < 1.29 is 22.7 Å². The van der Waals surface area contributed by atoms with Crippen LogP contribution in [-0.2, 0) is 9.84 Å². The van der Waals surface area contributed by atoms with Gasteiger partial charge in [0.1, 0.15) is 5.82 Å². The molecule has 0 aliphatic carbocycles. The van der Waals surface area contributed by atoms with Crippen LogP contribution in [0.1, 0.15) is 16.9 Å². The third-order valence-corrected chi connectivity index (χ3v) is 5.70. The van der Waals surface area contributed by atoms with Gasteiger partial charge in [-0.15, -0.1) is 15.0 Å². The van der Waals surface area contributed by atoms with Crippen molar-refractivity contribution in [2.45, 2.75) is 12.5 Å². The maximum atomic E-state index is 13.0. The minimum Gasteiger partial charge on any atom is -0.476 e. The van der Waals surface area contributed by atoms with Crippen molar-refractivity contribution in [1.82, 2.24) is 15.0 Å². The zero-order valence-electron chi connectivity index (χ0n) is 12.8. The fourth-order valence-corrected chi connectivity index (χ4v) is 4.39. The van der Waals surface area contributed by atoms with Crippen molar-refractivity contribution in [3.63, 3.8) is 0 Å². The molecule has 10 heteroatoms. The molecular weight excluding hydrogens is 339 g/mol. The van der Waals surface area contributed by atoms with Gasteiger partial charge in [0.15, 0.2) is 15.7 Å². The number of sulfone groups is 1. The van der Waals surface area contributed by atoms with Gasteiger partial charge in [-0.3, -0.25) is 0 Å². The molecule has 1 aromatic heterocycles. The van der Waals surface area contributed by atoms with Crippen LogP contribution >= 0.6 is 0 Å². The highest BCUT2D eigenvalue weighted by atomic mass is 32.2. The molecule has 0 saturated carbocycles. The summed E-state index contributed by atoms with van der Waals surface area (Å²) in [5.41, 5.74) is 0.115. The summed E-state index contributed by atoms with van der Waals surface area (Å²) in [6, 6.07) is 4.92. The lowest BCUT2D eigenvalue weighted by Crippen LogP contribution is -2.34. The Morgan fingerprint density at radius 1 is 1.33 bits per heavy atom. The molecule has 1 aromatic carbocycles. The molecule has 2 aromatic rings. The number of carboxylic acids is 1. The first-order valence-electron chi connectivity index (χ1n) is 7.17. The van der Waals surface area contributed by atoms with Crippen LogP contribution in [0.25, 0.3) is 5.69 Å². The molecule has 24 heavy (non-hydrogen) atoms. The molecule has 1 aliphatic heterocycles. The monoisotopic (exact) mass is 354 g/mol. The van der Waals surface area contributed by atoms with Crippen molar-refractivity contribution in [2.75, 3.05) is 23.5 Å². The highest BCUT2D eigenvalue weighted by Crippen LogP contribution is 2.24. The number of hydrogen-bond donors (Lipinski definition) is 1. The summed E-state index contributed by atoms with van der Waals surface area (Å²) >= 11 is 0. The first-order chi connectivity index (χ1) is 11.3. The van der Waals surface area contributed by atoms with Gasteiger partial charge in [-0.25, -0.2) is 17.6 Å². The van der Waals surface area contributed by atoms with Crippen molar-refractivity contribution in [2.24, 2.45) is 0 Å². The number of aromatic carboxylic acids is 1. The number of aromatic nitrogens is 3. The molecule has 0 spiro atoms. The molecule has 1 N–H and O–H groups in total. The highest BCUT2D eigenvalue weighted by Gasteiger charge is 2.34. The Kier molecular flexibility index (Phi) is 3.99. The lowest BCUT2D eigenvalue weighted by molar-refractivity contribution is 0.0690. The van der Waals surface area contributed by atoms with Gasteiger partial charge < -0.3 is 10.0 Å². The fourth-order valence-electron chi connectivity index (χ4n) is 2.62. The number of anilines is 1. The fraction of sp³-hybridized carbons (Fsp3) is 0.357. The second-order valence-corrected chi connectivity index (χ2v) is 7.84. The van der Waals surface area contributed by atoms with Crippen LogP contribution < -0.4 is 4.90 Å². The average Bonchev–Trinajstić information content (AvgIpc) is 3.11. The molecule has 0 radical (unpaired) electrons. The van der Waals surface area contributed by atoms with E-state index in [1.54, 1.807) is 7.05 Å². The van der Waals surface area contributed by atoms with Crippen molar-refractivity contribution in [1.29, 1.82) is 0 Å². The van der Waals surface area contributed by atoms with Crippen LogP contribution in [0.5, 0.6) is 0 Å². The lowest BCUT2D eigenvalue weighted by atomic mass is 10.2. The van der Waals surface area contributed by atoms with Gasteiger partial charge in [0.25, 0.3) is 0 Å². The Balaban J connectivity index is 1.98. The topological polar surface area (TPSA) is 105 Å². The molecule has 3 rings (SSSR count). The average molecular weight is 354 g/mol. The molecule has 8 nitrogen and oxygen atoms in total. The summed E-state index contributed by atoms with van der Waals surface area (Å²) in [5.74, 6) is -1.61. The number of carboxylic acid groups (broad SMARTS) is 1. The standard InChI is InChI=1S/C14H15FN4O4S/c1-18(11-6-7-24(22,23)8-11)13-12(14(20)21)16-19(17-13)10-4-2-9(15)3-5-10/h2-5,11H,6-8H2,1H3,(H,20,21). The van der Waals surface area contributed by atoms with E-state index in [2.05, 4.69) is 10.2 Å².